The fourth-order valence-corrected chi connectivity index (χ4v) is 3.42. The standard InChI is InChI=1S/C19H16N4OS/c1-13-18(25-22-21-13)19(24)20-16-8-5-9-17-15(16)10-11-23(17)12-14-6-3-2-4-7-14/h2-11H,12H2,1H3,(H,20,24). The molecule has 2 aromatic heterocycles. The number of fused-ring (bicyclic) bond motifs is 1. The molecule has 0 spiro atoms. The second-order valence-electron chi connectivity index (χ2n) is 5.81. The summed E-state index contributed by atoms with van der Waals surface area (Å²) in [7, 11) is 0. The van der Waals surface area contributed by atoms with E-state index in [-0.39, 0.29) is 5.91 Å². The van der Waals surface area contributed by atoms with Gasteiger partial charge in [0.2, 0.25) is 0 Å². The summed E-state index contributed by atoms with van der Waals surface area (Å²) >= 11 is 1.11. The predicted octanol–water partition coefficient (Wildman–Crippen LogP) is 4.10. The quantitative estimate of drug-likeness (QED) is 0.604. The third-order valence-electron chi connectivity index (χ3n) is 4.12. The average Bonchev–Trinajstić information content (AvgIpc) is 3.23. The Kier molecular flexibility index (Phi) is 4.03. The topological polar surface area (TPSA) is 59.8 Å². The highest BCUT2D eigenvalue weighted by atomic mass is 32.1. The van der Waals surface area contributed by atoms with Gasteiger partial charge < -0.3 is 9.88 Å². The van der Waals surface area contributed by atoms with Crippen LogP contribution in [-0.4, -0.2) is 20.1 Å². The van der Waals surface area contributed by atoms with Crippen molar-refractivity contribution in [2.75, 3.05) is 5.32 Å². The fourth-order valence-electron chi connectivity index (χ4n) is 2.87. The summed E-state index contributed by atoms with van der Waals surface area (Å²) in [6, 6.07) is 18.3. The van der Waals surface area contributed by atoms with Crippen LogP contribution in [0, 0.1) is 6.92 Å². The van der Waals surface area contributed by atoms with Gasteiger partial charge in [-0.3, -0.25) is 4.79 Å². The maximum atomic E-state index is 12.5. The molecule has 4 aromatic rings. The van der Waals surface area contributed by atoms with E-state index in [4.69, 9.17) is 0 Å². The van der Waals surface area contributed by atoms with Crippen molar-refractivity contribution in [3.63, 3.8) is 0 Å². The molecule has 0 aliphatic heterocycles. The van der Waals surface area contributed by atoms with E-state index in [2.05, 4.69) is 37.7 Å². The Morgan fingerprint density at radius 1 is 1.12 bits per heavy atom. The maximum absolute atomic E-state index is 12.5. The van der Waals surface area contributed by atoms with Crippen molar-refractivity contribution in [1.82, 2.24) is 14.2 Å². The molecule has 0 aliphatic carbocycles. The largest absolute Gasteiger partial charge is 0.343 e. The van der Waals surface area contributed by atoms with Crippen LogP contribution in [0.25, 0.3) is 10.9 Å². The molecule has 4 rings (SSSR count). The monoisotopic (exact) mass is 348 g/mol. The first kappa shape index (κ1) is 15.5. The van der Waals surface area contributed by atoms with Gasteiger partial charge in [-0.15, -0.1) is 5.10 Å². The smallest absolute Gasteiger partial charge is 0.269 e. The van der Waals surface area contributed by atoms with Crippen LogP contribution >= 0.6 is 11.5 Å². The number of aromatic nitrogens is 3. The van der Waals surface area contributed by atoms with E-state index in [0.29, 0.717) is 10.6 Å². The summed E-state index contributed by atoms with van der Waals surface area (Å²) in [6.07, 6.45) is 2.05. The predicted molar refractivity (Wildman–Crippen MR) is 100 cm³/mol. The lowest BCUT2D eigenvalue weighted by Crippen LogP contribution is -2.11. The summed E-state index contributed by atoms with van der Waals surface area (Å²) in [5, 5.41) is 7.90. The Bertz CT molecular complexity index is 1040. The molecular weight excluding hydrogens is 332 g/mol. The number of rotatable bonds is 4. The molecule has 0 fully saturated rings. The van der Waals surface area contributed by atoms with Gasteiger partial charge in [0.25, 0.3) is 5.91 Å². The van der Waals surface area contributed by atoms with Crippen LogP contribution in [0.1, 0.15) is 20.9 Å². The Labute approximate surface area is 149 Å². The van der Waals surface area contributed by atoms with Gasteiger partial charge in [-0.2, -0.15) is 0 Å². The molecule has 2 heterocycles. The first-order chi connectivity index (χ1) is 12.2. The molecule has 0 bridgehead atoms. The Morgan fingerprint density at radius 3 is 2.72 bits per heavy atom. The van der Waals surface area contributed by atoms with Crippen molar-refractivity contribution < 1.29 is 4.79 Å². The number of amides is 1. The van der Waals surface area contributed by atoms with Gasteiger partial charge in [0, 0.05) is 18.1 Å². The molecule has 2 aromatic carbocycles. The van der Waals surface area contributed by atoms with Crippen LogP contribution in [0.4, 0.5) is 5.69 Å². The van der Waals surface area contributed by atoms with Crippen molar-refractivity contribution in [1.29, 1.82) is 0 Å². The van der Waals surface area contributed by atoms with E-state index in [1.807, 2.05) is 42.6 Å². The van der Waals surface area contributed by atoms with Crippen LogP contribution in [0.5, 0.6) is 0 Å². The fraction of sp³-hybridized carbons (Fsp3) is 0.105. The summed E-state index contributed by atoms with van der Waals surface area (Å²) in [5.74, 6) is -0.171. The normalized spacial score (nSPS) is 10.9. The van der Waals surface area contributed by atoms with E-state index < -0.39 is 0 Å². The Balaban J connectivity index is 1.65. The highest BCUT2D eigenvalue weighted by Crippen LogP contribution is 2.26. The molecule has 6 heteroatoms. The molecule has 0 unspecified atom stereocenters. The van der Waals surface area contributed by atoms with Gasteiger partial charge in [-0.1, -0.05) is 40.9 Å². The average molecular weight is 348 g/mol. The van der Waals surface area contributed by atoms with E-state index >= 15 is 0 Å². The van der Waals surface area contributed by atoms with Crippen LogP contribution < -0.4 is 5.32 Å². The molecule has 25 heavy (non-hydrogen) atoms. The number of carbonyl (C=O) groups excluding carboxylic acids is 1. The van der Waals surface area contributed by atoms with Crippen molar-refractivity contribution in [3.8, 4) is 0 Å². The molecule has 0 aliphatic rings. The number of hydrogen-bond donors (Lipinski definition) is 1. The minimum atomic E-state index is -0.171. The van der Waals surface area contributed by atoms with Gasteiger partial charge in [-0.05, 0) is 42.2 Å². The van der Waals surface area contributed by atoms with E-state index in [1.165, 1.54) is 5.56 Å². The van der Waals surface area contributed by atoms with E-state index in [1.54, 1.807) is 6.92 Å². The first-order valence-corrected chi connectivity index (χ1v) is 8.72. The van der Waals surface area contributed by atoms with E-state index in [0.717, 1.165) is 34.7 Å². The zero-order valence-electron chi connectivity index (χ0n) is 13.6. The van der Waals surface area contributed by atoms with Crippen molar-refractivity contribution in [2.45, 2.75) is 13.5 Å². The van der Waals surface area contributed by atoms with Crippen molar-refractivity contribution >= 4 is 34.0 Å². The number of anilines is 1. The molecule has 0 saturated carbocycles. The van der Waals surface area contributed by atoms with Gasteiger partial charge in [0.05, 0.1) is 16.9 Å². The maximum Gasteiger partial charge on any atom is 0.269 e. The molecule has 1 N–H and O–H groups in total. The number of nitrogens with zero attached hydrogens (tertiary/aromatic N) is 3. The lowest BCUT2D eigenvalue weighted by Gasteiger charge is -2.08. The van der Waals surface area contributed by atoms with Crippen LogP contribution in [0.2, 0.25) is 0 Å². The molecular formula is C19H16N4OS. The lowest BCUT2D eigenvalue weighted by atomic mass is 10.2. The lowest BCUT2D eigenvalue weighted by molar-refractivity contribution is 0.103. The minimum Gasteiger partial charge on any atom is -0.343 e. The summed E-state index contributed by atoms with van der Waals surface area (Å²) < 4.78 is 6.00. The van der Waals surface area contributed by atoms with Gasteiger partial charge in [-0.25, -0.2) is 0 Å². The second kappa shape index (κ2) is 6.49. The van der Waals surface area contributed by atoms with Crippen molar-refractivity contribution in [2.24, 2.45) is 0 Å². The van der Waals surface area contributed by atoms with Gasteiger partial charge in [0.15, 0.2) is 0 Å². The van der Waals surface area contributed by atoms with Crippen molar-refractivity contribution in [3.05, 3.63) is 76.9 Å². The minimum absolute atomic E-state index is 0.171. The first-order valence-electron chi connectivity index (χ1n) is 7.94. The van der Waals surface area contributed by atoms with Crippen LogP contribution in [0.15, 0.2) is 60.8 Å². The molecule has 124 valence electrons. The van der Waals surface area contributed by atoms with Gasteiger partial charge in [0.1, 0.15) is 4.88 Å². The summed E-state index contributed by atoms with van der Waals surface area (Å²) in [5.41, 5.74) is 3.76. The van der Waals surface area contributed by atoms with E-state index in [9.17, 15) is 4.79 Å². The number of benzene rings is 2. The molecule has 5 nitrogen and oxygen atoms in total. The second-order valence-corrected chi connectivity index (χ2v) is 6.56. The number of nitrogens with one attached hydrogen (secondary N) is 1. The SMILES string of the molecule is Cc1nnsc1C(=O)Nc1cccc2c1ccn2Cc1ccccc1. The molecule has 0 saturated heterocycles. The third-order valence-corrected chi connectivity index (χ3v) is 4.94. The molecule has 0 radical (unpaired) electrons. The highest BCUT2D eigenvalue weighted by molar-refractivity contribution is 7.08. The van der Waals surface area contributed by atoms with Crippen LogP contribution in [0.3, 0.4) is 0 Å². The molecule has 1 amide bonds. The number of hydrogen-bond acceptors (Lipinski definition) is 4. The number of aryl methyl sites for hydroxylation is 1. The summed E-state index contributed by atoms with van der Waals surface area (Å²) in [6.45, 7) is 2.58. The molecule has 0 atom stereocenters. The van der Waals surface area contributed by atoms with Crippen LogP contribution in [-0.2, 0) is 6.54 Å². The highest BCUT2D eigenvalue weighted by Gasteiger charge is 2.15. The third kappa shape index (κ3) is 3.04. The number of carbonyl (C=O) groups is 1. The Hall–Kier alpha value is -2.99. The summed E-state index contributed by atoms with van der Waals surface area (Å²) in [4.78, 5) is 13.0. The zero-order valence-corrected chi connectivity index (χ0v) is 14.5. The Morgan fingerprint density at radius 2 is 1.96 bits per heavy atom. The van der Waals surface area contributed by atoms with Gasteiger partial charge >= 0.3 is 0 Å². The zero-order chi connectivity index (χ0) is 17.2.